The summed E-state index contributed by atoms with van der Waals surface area (Å²) in [6.07, 6.45) is 1.43. The number of ether oxygens (including phenoxy) is 4. The van der Waals surface area contributed by atoms with Gasteiger partial charge in [-0.25, -0.2) is 4.79 Å². The van der Waals surface area contributed by atoms with E-state index in [1.165, 1.54) is 14.2 Å². The maximum atomic E-state index is 11.8. The number of halogens is 1. The zero-order valence-electron chi connectivity index (χ0n) is 11.5. The van der Waals surface area contributed by atoms with Crippen molar-refractivity contribution in [3.05, 3.63) is 26.8 Å². The summed E-state index contributed by atoms with van der Waals surface area (Å²) in [6, 6.07) is 3.54. The summed E-state index contributed by atoms with van der Waals surface area (Å²) >= 11 is 2.10. The number of rotatable bonds is 4. The summed E-state index contributed by atoms with van der Waals surface area (Å²) in [6.45, 7) is 0.171. The molecule has 0 aromatic heterocycles. The van der Waals surface area contributed by atoms with E-state index in [9.17, 15) is 9.59 Å². The molecule has 7 heteroatoms. The minimum Gasteiger partial charge on any atom is -0.469 e. The van der Waals surface area contributed by atoms with Gasteiger partial charge in [-0.2, -0.15) is 0 Å². The lowest BCUT2D eigenvalue weighted by atomic mass is 10.1. The molecule has 1 aromatic rings. The molecule has 0 aliphatic carbocycles. The van der Waals surface area contributed by atoms with Crippen LogP contribution in [0, 0.1) is 3.57 Å². The van der Waals surface area contributed by atoms with Gasteiger partial charge >= 0.3 is 11.9 Å². The zero-order chi connectivity index (χ0) is 15.4. The van der Waals surface area contributed by atoms with Gasteiger partial charge in [-0.15, -0.1) is 0 Å². The minimum atomic E-state index is -0.575. The van der Waals surface area contributed by atoms with E-state index in [0.717, 1.165) is 9.13 Å². The first-order valence-electron chi connectivity index (χ1n) is 6.00. The fourth-order valence-corrected chi connectivity index (χ4v) is 2.55. The molecule has 0 N–H and O–H groups in total. The highest BCUT2D eigenvalue weighted by Crippen LogP contribution is 2.39. The van der Waals surface area contributed by atoms with Crippen molar-refractivity contribution in [1.82, 2.24) is 0 Å². The predicted octanol–water partition coefficient (Wildman–Crippen LogP) is 2.14. The van der Waals surface area contributed by atoms with Gasteiger partial charge in [0.2, 0.25) is 6.79 Å². The van der Waals surface area contributed by atoms with Crippen molar-refractivity contribution in [1.29, 1.82) is 0 Å². The summed E-state index contributed by atoms with van der Waals surface area (Å²) < 4.78 is 20.7. The molecule has 112 valence electrons. The Morgan fingerprint density at radius 2 is 2.05 bits per heavy atom. The lowest BCUT2D eigenvalue weighted by Gasteiger charge is -2.07. The first-order chi connectivity index (χ1) is 10.1. The third kappa shape index (κ3) is 3.46. The van der Waals surface area contributed by atoms with Crippen LogP contribution in [0.25, 0.3) is 6.08 Å². The zero-order valence-corrected chi connectivity index (χ0v) is 13.6. The first kappa shape index (κ1) is 15.6. The van der Waals surface area contributed by atoms with Gasteiger partial charge in [0.05, 0.1) is 24.2 Å². The summed E-state index contributed by atoms with van der Waals surface area (Å²) in [5.41, 5.74) is 0.949. The molecule has 0 bridgehead atoms. The van der Waals surface area contributed by atoms with Crippen molar-refractivity contribution >= 4 is 40.6 Å². The lowest BCUT2D eigenvalue weighted by Crippen LogP contribution is -2.11. The van der Waals surface area contributed by atoms with Crippen molar-refractivity contribution in [3.8, 4) is 11.5 Å². The molecule has 0 unspecified atom stereocenters. The third-order valence-electron chi connectivity index (χ3n) is 2.85. The van der Waals surface area contributed by atoms with E-state index >= 15 is 0 Å². The van der Waals surface area contributed by atoms with E-state index < -0.39 is 11.9 Å². The number of benzene rings is 1. The maximum Gasteiger partial charge on any atom is 0.334 e. The fourth-order valence-electron chi connectivity index (χ4n) is 1.79. The standard InChI is InChI=1S/C14H13IO6/c1-18-11(16)6-9(14(17)19-2)5-8-3-4-10-13(12(8)15)21-7-20-10/h3-5H,6-7H2,1-2H3. The Labute approximate surface area is 135 Å². The van der Waals surface area contributed by atoms with Crippen molar-refractivity contribution in [3.63, 3.8) is 0 Å². The molecule has 0 amide bonds. The Hall–Kier alpha value is -1.77. The van der Waals surface area contributed by atoms with Crippen LogP contribution in [0.1, 0.15) is 12.0 Å². The van der Waals surface area contributed by atoms with Gasteiger partial charge in [0.25, 0.3) is 0 Å². The van der Waals surface area contributed by atoms with Crippen LogP contribution in [0.15, 0.2) is 17.7 Å². The molecule has 0 spiro atoms. The van der Waals surface area contributed by atoms with Crippen LogP contribution in [0.4, 0.5) is 0 Å². The number of esters is 2. The maximum absolute atomic E-state index is 11.8. The quantitative estimate of drug-likeness (QED) is 0.435. The number of methoxy groups -OCH3 is 2. The van der Waals surface area contributed by atoms with E-state index in [2.05, 4.69) is 32.1 Å². The number of hydrogen-bond donors (Lipinski definition) is 0. The van der Waals surface area contributed by atoms with Crippen LogP contribution in [0.2, 0.25) is 0 Å². The summed E-state index contributed by atoms with van der Waals surface area (Å²) in [7, 11) is 2.53. The number of carbonyl (C=O) groups is 2. The monoisotopic (exact) mass is 404 g/mol. The van der Waals surface area contributed by atoms with Gasteiger partial charge < -0.3 is 18.9 Å². The van der Waals surface area contributed by atoms with Gasteiger partial charge in [0.15, 0.2) is 11.5 Å². The van der Waals surface area contributed by atoms with E-state index in [1.807, 2.05) is 0 Å². The number of hydrogen-bond acceptors (Lipinski definition) is 6. The molecular weight excluding hydrogens is 391 g/mol. The second-order valence-corrected chi connectivity index (χ2v) is 5.20. The molecule has 21 heavy (non-hydrogen) atoms. The minimum absolute atomic E-state index is 0.159. The van der Waals surface area contributed by atoms with Crippen LogP contribution in [-0.4, -0.2) is 33.0 Å². The Morgan fingerprint density at radius 1 is 1.29 bits per heavy atom. The molecule has 0 saturated heterocycles. The van der Waals surface area contributed by atoms with Crippen LogP contribution < -0.4 is 9.47 Å². The average Bonchev–Trinajstić information content (AvgIpc) is 2.97. The molecule has 2 rings (SSSR count). The number of carbonyl (C=O) groups excluding carboxylic acids is 2. The summed E-state index contributed by atoms with van der Waals surface area (Å²) in [5, 5.41) is 0. The summed E-state index contributed by atoms with van der Waals surface area (Å²) in [4.78, 5) is 23.1. The smallest absolute Gasteiger partial charge is 0.334 e. The van der Waals surface area contributed by atoms with Crippen molar-refractivity contribution in [2.75, 3.05) is 21.0 Å². The second kappa shape index (κ2) is 6.79. The molecule has 0 saturated carbocycles. The molecule has 6 nitrogen and oxygen atoms in total. The summed E-state index contributed by atoms with van der Waals surface area (Å²) in [5.74, 6) is 0.201. The topological polar surface area (TPSA) is 71.1 Å². The van der Waals surface area contributed by atoms with E-state index in [4.69, 9.17) is 9.47 Å². The van der Waals surface area contributed by atoms with E-state index in [0.29, 0.717) is 11.5 Å². The normalized spacial score (nSPS) is 13.0. The van der Waals surface area contributed by atoms with Gasteiger partial charge in [-0.3, -0.25) is 4.79 Å². The number of fused-ring (bicyclic) bond motifs is 1. The second-order valence-electron chi connectivity index (χ2n) is 4.12. The van der Waals surface area contributed by atoms with Crippen LogP contribution in [0.3, 0.4) is 0 Å². The van der Waals surface area contributed by atoms with Crippen molar-refractivity contribution < 1.29 is 28.5 Å². The highest BCUT2D eigenvalue weighted by atomic mass is 127. The van der Waals surface area contributed by atoms with Crippen LogP contribution >= 0.6 is 22.6 Å². The molecule has 0 radical (unpaired) electrons. The van der Waals surface area contributed by atoms with Crippen LogP contribution in [0.5, 0.6) is 11.5 Å². The molecular formula is C14H13IO6. The van der Waals surface area contributed by atoms with Gasteiger partial charge in [0.1, 0.15) is 0 Å². The van der Waals surface area contributed by atoms with Gasteiger partial charge in [0, 0.05) is 5.57 Å². The molecule has 1 aliphatic heterocycles. The Bertz CT molecular complexity index is 608. The third-order valence-corrected chi connectivity index (χ3v) is 3.96. The molecule has 1 aromatic carbocycles. The molecule has 0 fully saturated rings. The van der Waals surface area contributed by atoms with E-state index in [1.54, 1.807) is 18.2 Å². The fraction of sp³-hybridized carbons (Fsp3) is 0.286. The molecule has 1 heterocycles. The average molecular weight is 404 g/mol. The Balaban J connectivity index is 2.38. The molecule has 0 atom stereocenters. The van der Waals surface area contributed by atoms with Gasteiger partial charge in [-0.05, 0) is 46.4 Å². The van der Waals surface area contributed by atoms with Crippen molar-refractivity contribution in [2.45, 2.75) is 6.42 Å². The first-order valence-corrected chi connectivity index (χ1v) is 7.08. The SMILES string of the molecule is COC(=O)CC(=Cc1ccc2c(c1I)OCO2)C(=O)OC. The Morgan fingerprint density at radius 3 is 2.71 bits per heavy atom. The largest absolute Gasteiger partial charge is 0.469 e. The van der Waals surface area contributed by atoms with Crippen LogP contribution in [-0.2, 0) is 19.1 Å². The van der Waals surface area contributed by atoms with Gasteiger partial charge in [-0.1, -0.05) is 0 Å². The Kier molecular flexibility index (Phi) is 5.05. The van der Waals surface area contributed by atoms with Crippen molar-refractivity contribution in [2.24, 2.45) is 0 Å². The predicted molar refractivity (Wildman–Crippen MR) is 81.9 cm³/mol. The lowest BCUT2D eigenvalue weighted by molar-refractivity contribution is -0.143. The molecule has 1 aliphatic rings. The highest BCUT2D eigenvalue weighted by molar-refractivity contribution is 14.1. The highest BCUT2D eigenvalue weighted by Gasteiger charge is 2.20. The van der Waals surface area contributed by atoms with E-state index in [-0.39, 0.29) is 18.8 Å².